The highest BCUT2D eigenvalue weighted by molar-refractivity contribution is 4.73. The number of aliphatic hydroxyl groups is 1. The van der Waals surface area contributed by atoms with Crippen molar-refractivity contribution in [2.45, 2.75) is 19.1 Å². The second-order valence-electron chi connectivity index (χ2n) is 1.61. The monoisotopic (exact) mass is 88.1 g/mol. The topological polar surface area (TPSA) is 32.8 Å². The number of ether oxygens (including phenoxy) is 1. The molecular formula is C4H8O2. The average molecular weight is 88.1 g/mol. The first-order chi connectivity index (χ1) is 2.80. The fourth-order valence-corrected chi connectivity index (χ4v) is 0.334. The van der Waals surface area contributed by atoms with Gasteiger partial charge in [0.05, 0.1) is 12.7 Å². The van der Waals surface area contributed by atoms with Crippen molar-refractivity contribution in [2.75, 3.05) is 6.61 Å². The van der Waals surface area contributed by atoms with Crippen molar-refractivity contribution in [1.29, 1.82) is 0 Å². The molecule has 1 saturated heterocycles. The molecule has 1 fully saturated rings. The Balaban J connectivity index is 2.13. The van der Waals surface area contributed by atoms with E-state index in [2.05, 4.69) is 0 Å². The number of hydrogen-bond acceptors (Lipinski definition) is 2. The molecule has 1 unspecified atom stereocenters. The van der Waals surface area contributed by atoms with Crippen LogP contribution >= 0.6 is 0 Å². The van der Waals surface area contributed by atoms with E-state index in [9.17, 15) is 0 Å². The highest BCUT2D eigenvalue weighted by atomic mass is 16.6. The molecular weight excluding hydrogens is 80.0 g/mol. The van der Waals surface area contributed by atoms with Crippen LogP contribution in [0.2, 0.25) is 0 Å². The molecule has 0 amide bonds. The quantitative estimate of drug-likeness (QED) is 0.449. The van der Waals surface area contributed by atoms with E-state index in [-0.39, 0.29) is 12.2 Å². The summed E-state index contributed by atoms with van der Waals surface area (Å²) in [6.07, 6.45) is -0.102. The lowest BCUT2D eigenvalue weighted by Gasteiger charge is -1.90. The van der Waals surface area contributed by atoms with Gasteiger partial charge in [0.15, 0.2) is 0 Å². The number of rotatable bonds is 1. The van der Waals surface area contributed by atoms with Crippen molar-refractivity contribution < 1.29 is 9.84 Å². The second-order valence-corrected chi connectivity index (χ2v) is 1.61. The molecule has 0 bridgehead atoms. The van der Waals surface area contributed by atoms with Crippen LogP contribution in [0, 0.1) is 0 Å². The lowest BCUT2D eigenvalue weighted by molar-refractivity contribution is 0.153. The zero-order valence-corrected chi connectivity index (χ0v) is 3.72. The number of hydrogen-bond donors (Lipinski definition) is 1. The van der Waals surface area contributed by atoms with E-state index in [0.29, 0.717) is 0 Å². The summed E-state index contributed by atoms with van der Waals surface area (Å²) in [5.74, 6) is 0. The van der Waals surface area contributed by atoms with Crippen molar-refractivity contribution in [1.82, 2.24) is 0 Å². The molecule has 0 saturated carbocycles. The molecule has 0 spiro atoms. The number of aliphatic hydroxyl groups excluding tert-OH is 1. The lowest BCUT2D eigenvalue weighted by atomic mass is 10.3. The average Bonchev–Trinajstić information content (AvgIpc) is 2.06. The van der Waals surface area contributed by atoms with Crippen molar-refractivity contribution in [3.63, 3.8) is 0 Å². The maximum atomic E-state index is 8.57. The number of epoxide rings is 1. The normalized spacial score (nSPS) is 36.0. The molecule has 0 aliphatic carbocycles. The Morgan fingerprint density at radius 3 is 2.50 bits per heavy atom. The summed E-state index contributed by atoms with van der Waals surface area (Å²) < 4.78 is 4.72. The van der Waals surface area contributed by atoms with Crippen molar-refractivity contribution in [3.8, 4) is 0 Å². The molecule has 2 atom stereocenters. The van der Waals surface area contributed by atoms with E-state index < -0.39 is 0 Å². The Labute approximate surface area is 36.7 Å². The van der Waals surface area contributed by atoms with Gasteiger partial charge in [-0.25, -0.2) is 0 Å². The maximum Gasteiger partial charge on any atom is 0.106 e. The molecule has 2 heteroatoms. The molecule has 1 heterocycles. The largest absolute Gasteiger partial charge is 0.391 e. The highest BCUT2D eigenvalue weighted by Crippen LogP contribution is 2.12. The third-order valence-corrected chi connectivity index (χ3v) is 0.897. The van der Waals surface area contributed by atoms with Crippen LogP contribution in [-0.2, 0) is 4.74 Å². The van der Waals surface area contributed by atoms with Crippen LogP contribution < -0.4 is 0 Å². The van der Waals surface area contributed by atoms with Gasteiger partial charge in [-0.3, -0.25) is 0 Å². The maximum absolute atomic E-state index is 8.57. The summed E-state index contributed by atoms with van der Waals surface area (Å²) in [4.78, 5) is 0. The standard InChI is InChI=1S/C4H8O2/c1-3(5)4-2-6-4/h3-5H,2H2,1H3/t3-,4?/m0/s1. The Morgan fingerprint density at radius 2 is 2.50 bits per heavy atom. The third kappa shape index (κ3) is 0.698. The van der Waals surface area contributed by atoms with E-state index in [0.717, 1.165) is 6.61 Å². The zero-order chi connectivity index (χ0) is 4.57. The molecule has 36 valence electrons. The van der Waals surface area contributed by atoms with E-state index in [1.165, 1.54) is 0 Å². The van der Waals surface area contributed by atoms with Gasteiger partial charge in [0, 0.05) is 0 Å². The molecule has 6 heavy (non-hydrogen) atoms. The van der Waals surface area contributed by atoms with Crippen LogP contribution in [0.4, 0.5) is 0 Å². The summed E-state index contributed by atoms with van der Waals surface area (Å²) in [7, 11) is 0. The predicted octanol–water partition coefficient (Wildman–Crippen LogP) is -0.234. The van der Waals surface area contributed by atoms with Gasteiger partial charge >= 0.3 is 0 Å². The van der Waals surface area contributed by atoms with Gasteiger partial charge in [-0.2, -0.15) is 0 Å². The minimum Gasteiger partial charge on any atom is -0.391 e. The Hall–Kier alpha value is -0.0800. The van der Waals surface area contributed by atoms with Gasteiger partial charge in [0.25, 0.3) is 0 Å². The minimum absolute atomic E-state index is 0.157. The van der Waals surface area contributed by atoms with Gasteiger partial charge in [0.2, 0.25) is 0 Å². The van der Waals surface area contributed by atoms with Gasteiger partial charge in [0.1, 0.15) is 6.10 Å². The van der Waals surface area contributed by atoms with Crippen molar-refractivity contribution >= 4 is 0 Å². The van der Waals surface area contributed by atoms with Crippen LogP contribution in [0.15, 0.2) is 0 Å². The highest BCUT2D eigenvalue weighted by Gasteiger charge is 2.27. The van der Waals surface area contributed by atoms with Crippen LogP contribution in [0.5, 0.6) is 0 Å². The first kappa shape index (κ1) is 4.09. The molecule has 1 N–H and O–H groups in total. The van der Waals surface area contributed by atoms with Crippen LogP contribution in [-0.4, -0.2) is 23.9 Å². The van der Waals surface area contributed by atoms with Crippen LogP contribution in [0.3, 0.4) is 0 Å². The molecule has 1 aliphatic rings. The van der Waals surface area contributed by atoms with Gasteiger partial charge < -0.3 is 9.84 Å². The van der Waals surface area contributed by atoms with Gasteiger partial charge in [-0.15, -0.1) is 0 Å². The van der Waals surface area contributed by atoms with Gasteiger partial charge in [-0.05, 0) is 6.92 Å². The second kappa shape index (κ2) is 1.21. The van der Waals surface area contributed by atoms with Gasteiger partial charge in [-0.1, -0.05) is 0 Å². The van der Waals surface area contributed by atoms with E-state index in [1.807, 2.05) is 0 Å². The van der Waals surface area contributed by atoms with E-state index in [1.54, 1.807) is 6.92 Å². The molecule has 0 aromatic carbocycles. The summed E-state index contributed by atoms with van der Waals surface area (Å²) in [5, 5.41) is 8.57. The third-order valence-electron chi connectivity index (χ3n) is 0.897. The zero-order valence-electron chi connectivity index (χ0n) is 3.72. The first-order valence-corrected chi connectivity index (χ1v) is 2.10. The van der Waals surface area contributed by atoms with Crippen molar-refractivity contribution in [3.05, 3.63) is 0 Å². The fraction of sp³-hybridized carbons (Fsp3) is 1.00. The van der Waals surface area contributed by atoms with E-state index in [4.69, 9.17) is 9.84 Å². The molecule has 1 rings (SSSR count). The Morgan fingerprint density at radius 1 is 2.00 bits per heavy atom. The molecule has 0 radical (unpaired) electrons. The van der Waals surface area contributed by atoms with Crippen LogP contribution in [0.25, 0.3) is 0 Å². The minimum atomic E-state index is -0.259. The summed E-state index contributed by atoms with van der Waals surface area (Å²) in [6.45, 7) is 2.48. The fourth-order valence-electron chi connectivity index (χ4n) is 0.334. The molecule has 0 aromatic rings. The molecule has 1 aliphatic heterocycles. The Bertz CT molecular complexity index is 47.5. The SMILES string of the molecule is C[C@H](O)C1CO1. The van der Waals surface area contributed by atoms with Crippen LogP contribution in [0.1, 0.15) is 6.92 Å². The summed E-state index contributed by atoms with van der Waals surface area (Å²) in [6, 6.07) is 0. The summed E-state index contributed by atoms with van der Waals surface area (Å²) in [5.41, 5.74) is 0. The smallest absolute Gasteiger partial charge is 0.106 e. The van der Waals surface area contributed by atoms with E-state index >= 15 is 0 Å². The lowest BCUT2D eigenvalue weighted by Crippen LogP contribution is -2.07. The molecule has 0 aromatic heterocycles. The summed E-state index contributed by atoms with van der Waals surface area (Å²) >= 11 is 0. The molecule has 2 nitrogen and oxygen atoms in total. The Kier molecular flexibility index (Phi) is 0.821. The first-order valence-electron chi connectivity index (χ1n) is 2.10. The van der Waals surface area contributed by atoms with Crippen molar-refractivity contribution in [2.24, 2.45) is 0 Å². The predicted molar refractivity (Wildman–Crippen MR) is 21.4 cm³/mol.